The Morgan fingerprint density at radius 2 is 1.79 bits per heavy atom. The first-order valence-corrected chi connectivity index (χ1v) is 15.4. The summed E-state index contributed by atoms with van der Waals surface area (Å²) in [4.78, 5) is 48.3. The van der Waals surface area contributed by atoms with Gasteiger partial charge >= 0.3 is 0 Å². The molecule has 1 aromatic carbocycles. The van der Waals surface area contributed by atoms with Gasteiger partial charge in [-0.3, -0.25) is 14.4 Å². The number of benzene rings is 1. The van der Waals surface area contributed by atoms with E-state index in [1.54, 1.807) is 17.1 Å². The molecule has 5 rings (SSSR count). The topological polar surface area (TPSA) is 99.6 Å². The Labute approximate surface area is 249 Å². The molecule has 228 valence electrons. The number of fused-ring (bicyclic) bond motifs is 1. The molecule has 1 spiro atoms. The van der Waals surface area contributed by atoms with E-state index in [0.29, 0.717) is 37.4 Å². The number of aliphatic hydroxyl groups is 1. The molecule has 1 N–H and O–H groups in total. The SMILES string of the molecule is C=CCN(C(=O)[C@@H]1[C@H]2C(=O)N(CCO)C(C(=O)N(CC=C)C3CCCCC3)C23CC[C@@]1(C)O3)c1ccc(OCC)cc1. The second-order valence-electron chi connectivity index (χ2n) is 12.2. The van der Waals surface area contributed by atoms with Crippen LogP contribution in [0, 0.1) is 11.8 Å². The third-order valence-corrected chi connectivity index (χ3v) is 9.78. The molecule has 1 aliphatic carbocycles. The van der Waals surface area contributed by atoms with Gasteiger partial charge in [0.2, 0.25) is 17.7 Å². The monoisotopic (exact) mass is 579 g/mol. The highest BCUT2D eigenvalue weighted by Gasteiger charge is 2.78. The number of β-amino-alcohol motifs (C(OH)–C–C–N with tert-alkyl or cyclic N) is 1. The zero-order valence-electron chi connectivity index (χ0n) is 25.0. The van der Waals surface area contributed by atoms with Gasteiger partial charge < -0.3 is 29.3 Å². The van der Waals surface area contributed by atoms with Crippen molar-refractivity contribution in [3.63, 3.8) is 0 Å². The van der Waals surface area contributed by atoms with Crippen molar-refractivity contribution in [1.82, 2.24) is 9.80 Å². The molecule has 1 aromatic rings. The first-order chi connectivity index (χ1) is 20.3. The van der Waals surface area contributed by atoms with Crippen molar-refractivity contribution in [3.05, 3.63) is 49.6 Å². The molecule has 5 atom stereocenters. The molecule has 9 heteroatoms. The summed E-state index contributed by atoms with van der Waals surface area (Å²) in [5, 5.41) is 9.99. The summed E-state index contributed by atoms with van der Waals surface area (Å²) in [5.74, 6) is -1.60. The van der Waals surface area contributed by atoms with Crippen molar-refractivity contribution >= 4 is 23.4 Å². The van der Waals surface area contributed by atoms with Gasteiger partial charge in [-0.1, -0.05) is 31.4 Å². The summed E-state index contributed by atoms with van der Waals surface area (Å²) in [5.41, 5.74) is -1.37. The second-order valence-corrected chi connectivity index (χ2v) is 12.2. The van der Waals surface area contributed by atoms with Crippen LogP contribution in [0.15, 0.2) is 49.6 Å². The van der Waals surface area contributed by atoms with E-state index in [4.69, 9.17) is 9.47 Å². The Balaban J connectivity index is 1.52. The van der Waals surface area contributed by atoms with Gasteiger partial charge in [0, 0.05) is 31.4 Å². The summed E-state index contributed by atoms with van der Waals surface area (Å²) in [6, 6.07) is 6.47. The molecular formula is C33H45N3O6. The van der Waals surface area contributed by atoms with Crippen LogP contribution in [-0.4, -0.2) is 88.8 Å². The normalized spacial score (nSPS) is 30.2. The van der Waals surface area contributed by atoms with Gasteiger partial charge in [-0.05, 0) is 63.8 Å². The van der Waals surface area contributed by atoms with Crippen LogP contribution in [0.3, 0.4) is 0 Å². The molecule has 4 aliphatic rings. The number of carbonyl (C=O) groups is 3. The molecule has 4 fully saturated rings. The molecule has 2 bridgehead atoms. The molecule has 0 aromatic heterocycles. The van der Waals surface area contributed by atoms with E-state index >= 15 is 0 Å². The zero-order valence-corrected chi connectivity index (χ0v) is 25.0. The summed E-state index contributed by atoms with van der Waals surface area (Å²) >= 11 is 0. The van der Waals surface area contributed by atoms with Gasteiger partial charge in [-0.15, -0.1) is 13.2 Å². The third kappa shape index (κ3) is 4.94. The van der Waals surface area contributed by atoms with Crippen LogP contribution >= 0.6 is 0 Å². The van der Waals surface area contributed by atoms with E-state index in [2.05, 4.69) is 13.2 Å². The molecule has 2 unspecified atom stereocenters. The van der Waals surface area contributed by atoms with Gasteiger partial charge in [0.1, 0.15) is 17.4 Å². The number of nitrogens with zero attached hydrogens (tertiary/aromatic N) is 3. The van der Waals surface area contributed by atoms with Crippen LogP contribution in [-0.2, 0) is 19.1 Å². The van der Waals surface area contributed by atoms with E-state index in [9.17, 15) is 19.5 Å². The third-order valence-electron chi connectivity index (χ3n) is 9.78. The largest absolute Gasteiger partial charge is 0.494 e. The molecule has 9 nitrogen and oxygen atoms in total. The highest BCUT2D eigenvalue weighted by molar-refractivity contribution is 6.03. The maximum Gasteiger partial charge on any atom is 0.248 e. The maximum atomic E-state index is 14.5. The minimum atomic E-state index is -1.13. The number of hydrogen-bond donors (Lipinski definition) is 1. The van der Waals surface area contributed by atoms with E-state index in [1.807, 2.05) is 43.0 Å². The summed E-state index contributed by atoms with van der Waals surface area (Å²) in [7, 11) is 0. The minimum absolute atomic E-state index is 0.0103. The first kappa shape index (κ1) is 30.3. The second kappa shape index (κ2) is 12.2. The molecule has 0 radical (unpaired) electrons. The van der Waals surface area contributed by atoms with Gasteiger partial charge in [0.05, 0.1) is 30.7 Å². The van der Waals surface area contributed by atoms with Crippen LogP contribution in [0.2, 0.25) is 0 Å². The Morgan fingerprint density at radius 3 is 2.40 bits per heavy atom. The number of likely N-dealkylation sites (tertiary alicyclic amines) is 1. The van der Waals surface area contributed by atoms with Gasteiger partial charge in [-0.2, -0.15) is 0 Å². The Hall–Kier alpha value is -3.17. The Kier molecular flexibility index (Phi) is 8.81. The smallest absolute Gasteiger partial charge is 0.248 e. The molecule has 42 heavy (non-hydrogen) atoms. The van der Waals surface area contributed by atoms with Crippen LogP contribution in [0.25, 0.3) is 0 Å². The van der Waals surface area contributed by atoms with Crippen molar-refractivity contribution in [3.8, 4) is 5.75 Å². The number of hydrogen-bond acceptors (Lipinski definition) is 6. The summed E-state index contributed by atoms with van der Waals surface area (Å²) in [6.45, 7) is 12.5. The molecular weight excluding hydrogens is 534 g/mol. The molecule has 3 heterocycles. The van der Waals surface area contributed by atoms with E-state index < -0.39 is 29.1 Å². The predicted molar refractivity (Wildman–Crippen MR) is 160 cm³/mol. The molecule has 1 saturated carbocycles. The van der Waals surface area contributed by atoms with Crippen LogP contribution < -0.4 is 9.64 Å². The van der Waals surface area contributed by atoms with E-state index in [1.165, 1.54) is 4.90 Å². The Morgan fingerprint density at radius 1 is 1.10 bits per heavy atom. The predicted octanol–water partition coefficient (Wildman–Crippen LogP) is 3.71. The number of amides is 3. The fourth-order valence-corrected chi connectivity index (χ4v) is 8.05. The van der Waals surface area contributed by atoms with Crippen LogP contribution in [0.5, 0.6) is 5.75 Å². The number of ether oxygens (including phenoxy) is 2. The quantitative estimate of drug-likeness (QED) is 0.379. The first-order valence-electron chi connectivity index (χ1n) is 15.4. The van der Waals surface area contributed by atoms with Crippen LogP contribution in [0.1, 0.15) is 58.8 Å². The fourth-order valence-electron chi connectivity index (χ4n) is 8.05. The number of aliphatic hydroxyl groups excluding tert-OH is 1. The number of carbonyl (C=O) groups excluding carboxylic acids is 3. The highest BCUT2D eigenvalue weighted by Crippen LogP contribution is 2.63. The van der Waals surface area contributed by atoms with Crippen molar-refractivity contribution in [2.24, 2.45) is 11.8 Å². The van der Waals surface area contributed by atoms with Crippen molar-refractivity contribution < 1.29 is 29.0 Å². The van der Waals surface area contributed by atoms with Gasteiger partial charge in [-0.25, -0.2) is 0 Å². The van der Waals surface area contributed by atoms with E-state index in [0.717, 1.165) is 32.1 Å². The van der Waals surface area contributed by atoms with Crippen molar-refractivity contribution in [1.29, 1.82) is 0 Å². The molecule has 3 aliphatic heterocycles. The number of anilines is 1. The lowest BCUT2D eigenvalue weighted by Gasteiger charge is -2.40. The zero-order chi connectivity index (χ0) is 30.1. The summed E-state index contributed by atoms with van der Waals surface area (Å²) < 4.78 is 12.4. The minimum Gasteiger partial charge on any atom is -0.494 e. The average molecular weight is 580 g/mol. The average Bonchev–Trinajstić information content (AvgIpc) is 3.56. The van der Waals surface area contributed by atoms with Crippen molar-refractivity contribution in [2.75, 3.05) is 37.7 Å². The lowest BCUT2D eigenvalue weighted by Crippen LogP contribution is -2.58. The van der Waals surface area contributed by atoms with Gasteiger partial charge in [0.25, 0.3) is 0 Å². The van der Waals surface area contributed by atoms with Crippen LogP contribution in [0.4, 0.5) is 5.69 Å². The van der Waals surface area contributed by atoms with E-state index in [-0.39, 0.29) is 43.5 Å². The fraction of sp³-hybridized carbons (Fsp3) is 0.606. The Bertz CT molecular complexity index is 1200. The lowest BCUT2D eigenvalue weighted by atomic mass is 9.66. The molecule has 3 amide bonds. The number of rotatable bonds is 12. The summed E-state index contributed by atoms with van der Waals surface area (Å²) in [6.07, 6.45) is 9.54. The molecule has 3 saturated heterocycles. The highest BCUT2D eigenvalue weighted by atomic mass is 16.5. The maximum absolute atomic E-state index is 14.5. The van der Waals surface area contributed by atoms with Crippen molar-refractivity contribution in [2.45, 2.75) is 82.1 Å². The lowest BCUT2D eigenvalue weighted by molar-refractivity contribution is -0.153. The standard InChI is InChI=1S/C33H45N3O6/c1-5-19-34(24-13-15-25(16-14-24)41-7-3)29(38)26-27-30(39)36(21-22-37)28(33(27)18-17-32(26,4)42-33)31(40)35(20-6-2)23-11-9-8-10-12-23/h5-6,13-16,23,26-28,37H,1-2,7-12,17-22H2,3-4H3/t26-,27-,28?,32+,33?/m0/s1. The van der Waals surface area contributed by atoms with Gasteiger partial charge in [0.15, 0.2) is 0 Å².